The highest BCUT2D eigenvalue weighted by atomic mass is 16.5. The molecule has 2 saturated heterocycles. The lowest BCUT2D eigenvalue weighted by Crippen LogP contribution is -2.60. The maximum absolute atomic E-state index is 14.3. The predicted molar refractivity (Wildman–Crippen MR) is 146 cm³/mol. The van der Waals surface area contributed by atoms with Gasteiger partial charge in [0, 0.05) is 11.3 Å². The highest BCUT2D eigenvalue weighted by Gasteiger charge is 2.75. The van der Waals surface area contributed by atoms with Crippen molar-refractivity contribution in [2.45, 2.75) is 5.41 Å². The molecule has 2 bridgehead atoms. The molecule has 4 amide bonds. The van der Waals surface area contributed by atoms with Gasteiger partial charge < -0.3 is 9.47 Å². The number of benzene rings is 3. The van der Waals surface area contributed by atoms with E-state index in [0.29, 0.717) is 22.9 Å². The lowest BCUT2D eigenvalue weighted by Gasteiger charge is -2.53. The van der Waals surface area contributed by atoms with Crippen LogP contribution < -0.4 is 19.3 Å². The van der Waals surface area contributed by atoms with Gasteiger partial charge in [0.2, 0.25) is 23.6 Å². The summed E-state index contributed by atoms with van der Waals surface area (Å²) in [7, 11) is 3.09. The molecule has 0 spiro atoms. The van der Waals surface area contributed by atoms with Crippen LogP contribution in [0.15, 0.2) is 91.0 Å². The topological polar surface area (TPSA) is 93.2 Å². The fourth-order valence-corrected chi connectivity index (χ4v) is 7.45. The Labute approximate surface area is 230 Å². The monoisotopic (exact) mass is 534 g/mol. The van der Waals surface area contributed by atoms with E-state index >= 15 is 0 Å². The van der Waals surface area contributed by atoms with Crippen LogP contribution in [0, 0.1) is 29.6 Å². The van der Waals surface area contributed by atoms with Gasteiger partial charge in [-0.25, -0.2) is 9.80 Å². The third-order valence-electron chi connectivity index (χ3n) is 9.09. The van der Waals surface area contributed by atoms with E-state index in [-0.39, 0.29) is 23.6 Å². The van der Waals surface area contributed by atoms with Crippen molar-refractivity contribution in [2.24, 2.45) is 29.6 Å². The molecule has 0 radical (unpaired) electrons. The van der Waals surface area contributed by atoms with Crippen molar-refractivity contribution < 1.29 is 28.7 Å². The lowest BCUT2D eigenvalue weighted by atomic mass is 9.45. The molecule has 3 aromatic rings. The molecule has 8 rings (SSSR count). The fourth-order valence-electron chi connectivity index (χ4n) is 7.45. The van der Waals surface area contributed by atoms with Crippen LogP contribution in [0.4, 0.5) is 11.4 Å². The number of allylic oxidation sites excluding steroid dienone is 2. The smallest absolute Gasteiger partial charge is 0.238 e. The molecule has 6 atom stereocenters. The normalized spacial score (nSPS) is 30.1. The van der Waals surface area contributed by atoms with Crippen LogP contribution in [-0.4, -0.2) is 37.8 Å². The van der Waals surface area contributed by atoms with Crippen molar-refractivity contribution >= 4 is 35.0 Å². The first-order valence-corrected chi connectivity index (χ1v) is 13.2. The SMILES string of the molecule is COc1ccc(N2C(=O)[C@@H]3[C@@H](C2=O)C2C=CC3(c3ccccc3)[C@H]3C(=O)N(c4ccc(OC)cc4)C(=O)[C@H]23)cc1. The van der Waals surface area contributed by atoms with Crippen molar-refractivity contribution in [3.8, 4) is 11.5 Å². The average Bonchev–Trinajstić information content (AvgIpc) is 3.44. The molecule has 200 valence electrons. The number of anilines is 2. The molecule has 3 fully saturated rings. The Morgan fingerprint density at radius 3 is 1.48 bits per heavy atom. The summed E-state index contributed by atoms with van der Waals surface area (Å²) < 4.78 is 10.5. The summed E-state index contributed by atoms with van der Waals surface area (Å²) in [6, 6.07) is 22.9. The van der Waals surface area contributed by atoms with E-state index in [2.05, 4.69) is 0 Å². The van der Waals surface area contributed by atoms with Crippen LogP contribution in [0.2, 0.25) is 0 Å². The number of rotatable bonds is 5. The number of hydrogen-bond donors (Lipinski definition) is 0. The summed E-state index contributed by atoms with van der Waals surface area (Å²) in [6.07, 6.45) is 3.81. The van der Waals surface area contributed by atoms with Gasteiger partial charge >= 0.3 is 0 Å². The van der Waals surface area contributed by atoms with Crippen LogP contribution in [0.25, 0.3) is 0 Å². The minimum atomic E-state index is -1.16. The Balaban J connectivity index is 1.39. The van der Waals surface area contributed by atoms with Crippen LogP contribution in [0.5, 0.6) is 11.5 Å². The number of hydrogen-bond acceptors (Lipinski definition) is 6. The van der Waals surface area contributed by atoms with E-state index in [1.54, 1.807) is 62.8 Å². The van der Waals surface area contributed by atoms with Crippen LogP contribution >= 0.6 is 0 Å². The molecule has 8 nitrogen and oxygen atoms in total. The third kappa shape index (κ3) is 3.01. The summed E-state index contributed by atoms with van der Waals surface area (Å²) >= 11 is 0. The van der Waals surface area contributed by atoms with E-state index in [1.165, 1.54) is 9.80 Å². The molecule has 2 heterocycles. The Morgan fingerprint density at radius 2 is 1.05 bits per heavy atom. The first-order chi connectivity index (χ1) is 19.4. The average molecular weight is 535 g/mol. The zero-order valence-electron chi connectivity index (χ0n) is 21.9. The molecule has 2 aliphatic heterocycles. The van der Waals surface area contributed by atoms with E-state index in [9.17, 15) is 19.2 Å². The molecule has 3 aliphatic carbocycles. The number of nitrogens with zero attached hydrogens (tertiary/aromatic N) is 2. The van der Waals surface area contributed by atoms with Crippen LogP contribution in [0.1, 0.15) is 5.56 Å². The first-order valence-electron chi connectivity index (χ1n) is 13.2. The molecular weight excluding hydrogens is 508 g/mol. The minimum absolute atomic E-state index is 0.351. The van der Waals surface area contributed by atoms with Crippen molar-refractivity contribution in [1.82, 2.24) is 0 Å². The number of amides is 4. The predicted octanol–water partition coefficient (Wildman–Crippen LogP) is 3.75. The summed E-state index contributed by atoms with van der Waals surface area (Å²) in [4.78, 5) is 59.2. The van der Waals surface area contributed by atoms with Gasteiger partial charge in [0.25, 0.3) is 0 Å². The van der Waals surface area contributed by atoms with Crippen LogP contribution in [0.3, 0.4) is 0 Å². The molecule has 0 aromatic heterocycles. The highest BCUT2D eigenvalue weighted by molar-refractivity contribution is 6.27. The molecule has 0 N–H and O–H groups in total. The second kappa shape index (κ2) is 8.64. The maximum Gasteiger partial charge on any atom is 0.238 e. The van der Waals surface area contributed by atoms with E-state index in [1.807, 2.05) is 42.5 Å². The van der Waals surface area contributed by atoms with E-state index in [4.69, 9.17) is 9.47 Å². The van der Waals surface area contributed by atoms with Gasteiger partial charge in [-0.05, 0) is 54.1 Å². The Bertz CT molecular complexity index is 1490. The first kappa shape index (κ1) is 24.3. The van der Waals surface area contributed by atoms with Crippen molar-refractivity contribution in [3.63, 3.8) is 0 Å². The van der Waals surface area contributed by atoms with Gasteiger partial charge in [0.15, 0.2) is 0 Å². The quantitative estimate of drug-likeness (QED) is 0.366. The zero-order valence-corrected chi connectivity index (χ0v) is 21.9. The Kier molecular flexibility index (Phi) is 5.26. The Morgan fingerprint density at radius 1 is 0.600 bits per heavy atom. The van der Waals surface area contributed by atoms with E-state index < -0.39 is 35.0 Å². The van der Waals surface area contributed by atoms with E-state index in [0.717, 1.165) is 5.56 Å². The molecule has 3 aromatic carbocycles. The van der Waals surface area contributed by atoms with Gasteiger partial charge in [-0.3, -0.25) is 19.2 Å². The molecule has 5 aliphatic rings. The summed E-state index contributed by atoms with van der Waals surface area (Å²) in [5.41, 5.74) is 0.462. The van der Waals surface area contributed by atoms with Gasteiger partial charge in [-0.1, -0.05) is 42.5 Å². The molecule has 2 unspecified atom stereocenters. The Hall–Kier alpha value is -4.72. The number of carbonyl (C=O) groups excluding carboxylic acids is 4. The number of imide groups is 2. The number of methoxy groups -OCH3 is 2. The molecule has 8 heteroatoms. The summed E-state index contributed by atoms with van der Waals surface area (Å²) in [6.45, 7) is 0. The maximum atomic E-state index is 14.3. The molecular formula is C32H26N2O6. The zero-order chi connectivity index (χ0) is 27.8. The minimum Gasteiger partial charge on any atom is -0.497 e. The number of carbonyl (C=O) groups is 4. The lowest BCUT2D eigenvalue weighted by molar-refractivity contribution is -0.140. The van der Waals surface area contributed by atoms with Gasteiger partial charge in [0.05, 0.1) is 49.3 Å². The third-order valence-corrected chi connectivity index (χ3v) is 9.09. The van der Waals surface area contributed by atoms with Crippen molar-refractivity contribution in [3.05, 3.63) is 96.6 Å². The second-order valence-corrected chi connectivity index (χ2v) is 10.7. The molecule has 40 heavy (non-hydrogen) atoms. The highest BCUT2D eigenvalue weighted by Crippen LogP contribution is 2.65. The van der Waals surface area contributed by atoms with Crippen molar-refractivity contribution in [1.29, 1.82) is 0 Å². The standard InChI is InChI=1S/C32H26N2O6/c1-39-21-12-8-19(9-13-21)33-28(35)24-23-16-17-32(26(24)30(33)37,18-6-4-3-5-7-18)27-25(23)29(36)34(31(27)38)20-10-14-22(40-2)15-11-20/h3-17,23-27H,1-2H3/t23?,24-,25+,26-,27+,32?. The van der Waals surface area contributed by atoms with Gasteiger partial charge in [-0.2, -0.15) is 0 Å². The summed E-state index contributed by atoms with van der Waals surface area (Å²) in [5, 5.41) is 0. The van der Waals surface area contributed by atoms with Crippen LogP contribution in [-0.2, 0) is 24.6 Å². The van der Waals surface area contributed by atoms with Crippen molar-refractivity contribution in [2.75, 3.05) is 24.0 Å². The summed E-state index contributed by atoms with van der Waals surface area (Å²) in [5.74, 6) is -3.99. The largest absolute Gasteiger partial charge is 0.497 e. The second-order valence-electron chi connectivity index (χ2n) is 10.7. The fraction of sp³-hybridized carbons (Fsp3) is 0.250. The van der Waals surface area contributed by atoms with Gasteiger partial charge in [-0.15, -0.1) is 0 Å². The molecule has 1 saturated carbocycles. The number of ether oxygens (including phenoxy) is 2. The van der Waals surface area contributed by atoms with Gasteiger partial charge in [0.1, 0.15) is 11.5 Å².